The second-order valence-electron chi connectivity index (χ2n) is 6.65. The van der Waals surface area contributed by atoms with Crippen molar-refractivity contribution in [2.45, 2.75) is 77.6 Å². The number of ether oxygens (including phenoxy) is 3. The molecule has 1 saturated heterocycles. The minimum Gasteiger partial charge on any atom is -0.385 e. The molecule has 3 nitrogen and oxygen atoms in total. The van der Waals surface area contributed by atoms with E-state index in [1.807, 2.05) is 6.08 Å². The molecule has 1 aliphatic heterocycles. The molecule has 1 fully saturated rings. The van der Waals surface area contributed by atoms with Crippen molar-refractivity contribution in [3.05, 3.63) is 12.7 Å². The monoisotopic (exact) mass is 286 g/mol. The van der Waals surface area contributed by atoms with Crippen LogP contribution < -0.4 is 0 Å². The van der Waals surface area contributed by atoms with Gasteiger partial charge in [0.05, 0.1) is 23.4 Å². The summed E-state index contributed by atoms with van der Waals surface area (Å²) in [5.74, 6) is 0. The van der Waals surface area contributed by atoms with Gasteiger partial charge in [-0.1, -0.05) is 13.0 Å². The van der Waals surface area contributed by atoms with Gasteiger partial charge in [-0.3, -0.25) is 0 Å². The van der Waals surface area contributed by atoms with Crippen molar-refractivity contribution < 1.29 is 14.2 Å². The summed E-state index contributed by atoms with van der Waals surface area (Å²) >= 11 is 0. The van der Waals surface area contributed by atoms with Crippen molar-refractivity contribution in [3.63, 3.8) is 0 Å². The molecule has 0 N–H and O–H groups in total. The quantitative estimate of drug-likeness (QED) is 0.555. The largest absolute Gasteiger partial charge is 0.385 e. The fraction of sp³-hybridized carbons (Fsp3) is 0.882. The maximum atomic E-state index is 6.24. The molecule has 0 amide bonds. The van der Waals surface area contributed by atoms with E-state index in [4.69, 9.17) is 14.2 Å². The highest BCUT2D eigenvalue weighted by Crippen LogP contribution is 2.40. The molecule has 3 heteroatoms. The van der Waals surface area contributed by atoms with E-state index in [-0.39, 0.29) is 16.8 Å². The molecule has 120 valence electrons. The van der Waals surface area contributed by atoms with Crippen LogP contribution in [0.25, 0.3) is 0 Å². The molecule has 0 radical (unpaired) electrons. The number of allylic oxidation sites excluding steroid dienone is 1. The van der Waals surface area contributed by atoms with Crippen LogP contribution in [-0.2, 0) is 14.2 Å². The summed E-state index contributed by atoms with van der Waals surface area (Å²) in [6.45, 7) is 17.5. The van der Waals surface area contributed by atoms with Crippen LogP contribution in [0.15, 0.2) is 12.7 Å². The standard InChI is InChI=1S/C13H26O3.C4H8/c1-11(2)12(3,4)16-13(5,10-15-11)8-7-9-14-6;1-3-4-2/h7-10H2,1-6H3;3H,1,4H2,2H3. The first-order chi connectivity index (χ1) is 9.14. The lowest BCUT2D eigenvalue weighted by Gasteiger charge is -2.52. The van der Waals surface area contributed by atoms with E-state index in [2.05, 4.69) is 48.1 Å². The summed E-state index contributed by atoms with van der Waals surface area (Å²) in [7, 11) is 1.73. The van der Waals surface area contributed by atoms with E-state index < -0.39 is 0 Å². The minimum absolute atomic E-state index is 0.183. The molecule has 1 heterocycles. The Morgan fingerprint density at radius 2 is 1.70 bits per heavy atom. The van der Waals surface area contributed by atoms with Gasteiger partial charge in [0.25, 0.3) is 0 Å². The topological polar surface area (TPSA) is 27.7 Å². The van der Waals surface area contributed by atoms with Gasteiger partial charge in [0, 0.05) is 13.7 Å². The normalized spacial score (nSPS) is 27.4. The highest BCUT2D eigenvalue weighted by molar-refractivity contribution is 4.97. The first kappa shape index (κ1) is 19.6. The zero-order chi connectivity index (χ0) is 15.9. The molecule has 1 unspecified atom stereocenters. The molecule has 0 saturated carbocycles. The molecule has 0 aliphatic carbocycles. The lowest BCUT2D eigenvalue weighted by Crippen LogP contribution is -2.61. The van der Waals surface area contributed by atoms with Crippen LogP contribution in [0.4, 0.5) is 0 Å². The van der Waals surface area contributed by atoms with E-state index in [0.717, 1.165) is 25.9 Å². The van der Waals surface area contributed by atoms with Crippen LogP contribution in [-0.4, -0.2) is 37.1 Å². The summed E-state index contributed by atoms with van der Waals surface area (Å²) in [4.78, 5) is 0. The Morgan fingerprint density at radius 1 is 1.15 bits per heavy atom. The summed E-state index contributed by atoms with van der Waals surface area (Å²) in [5, 5.41) is 0. The van der Waals surface area contributed by atoms with E-state index in [1.165, 1.54) is 0 Å². The Bertz CT molecular complexity index is 284. The predicted molar refractivity (Wildman–Crippen MR) is 85.2 cm³/mol. The van der Waals surface area contributed by atoms with Gasteiger partial charge in [0.2, 0.25) is 0 Å². The van der Waals surface area contributed by atoms with Gasteiger partial charge in [-0.15, -0.1) is 6.58 Å². The second-order valence-corrected chi connectivity index (χ2v) is 6.65. The SMILES string of the molecule is C=CCC.COCCCC1(C)COC(C)(C)C(C)(C)O1. The Morgan fingerprint density at radius 3 is 2.10 bits per heavy atom. The lowest BCUT2D eigenvalue weighted by atomic mass is 9.85. The zero-order valence-corrected chi connectivity index (χ0v) is 14.5. The fourth-order valence-electron chi connectivity index (χ4n) is 1.99. The molecule has 0 aromatic heterocycles. The third-order valence-electron chi connectivity index (χ3n) is 4.03. The molecule has 1 aliphatic rings. The van der Waals surface area contributed by atoms with Crippen LogP contribution >= 0.6 is 0 Å². The number of hydrogen-bond acceptors (Lipinski definition) is 3. The predicted octanol–water partition coefficient (Wildman–Crippen LogP) is 4.36. The molecular formula is C17H34O3. The summed E-state index contributed by atoms with van der Waals surface area (Å²) in [5.41, 5.74) is -0.668. The van der Waals surface area contributed by atoms with Gasteiger partial charge in [-0.05, 0) is 53.9 Å². The summed E-state index contributed by atoms with van der Waals surface area (Å²) < 4.78 is 17.3. The van der Waals surface area contributed by atoms with E-state index in [1.54, 1.807) is 7.11 Å². The maximum absolute atomic E-state index is 6.24. The van der Waals surface area contributed by atoms with E-state index in [9.17, 15) is 0 Å². The van der Waals surface area contributed by atoms with Gasteiger partial charge < -0.3 is 14.2 Å². The third-order valence-corrected chi connectivity index (χ3v) is 4.03. The average molecular weight is 286 g/mol. The number of hydrogen-bond donors (Lipinski definition) is 0. The third kappa shape index (κ3) is 5.94. The number of methoxy groups -OCH3 is 1. The van der Waals surface area contributed by atoms with E-state index in [0.29, 0.717) is 6.61 Å². The second kappa shape index (κ2) is 8.16. The highest BCUT2D eigenvalue weighted by atomic mass is 16.6. The van der Waals surface area contributed by atoms with Crippen molar-refractivity contribution in [3.8, 4) is 0 Å². The van der Waals surface area contributed by atoms with Crippen LogP contribution in [0.2, 0.25) is 0 Å². The minimum atomic E-state index is -0.257. The molecule has 1 atom stereocenters. The zero-order valence-electron chi connectivity index (χ0n) is 14.5. The van der Waals surface area contributed by atoms with Gasteiger partial charge in [0.15, 0.2) is 0 Å². The molecule has 0 spiro atoms. The van der Waals surface area contributed by atoms with Crippen molar-refractivity contribution in [2.75, 3.05) is 20.3 Å². The van der Waals surface area contributed by atoms with Crippen molar-refractivity contribution in [1.82, 2.24) is 0 Å². The van der Waals surface area contributed by atoms with Gasteiger partial charge in [-0.25, -0.2) is 0 Å². The highest BCUT2D eigenvalue weighted by Gasteiger charge is 2.49. The number of rotatable bonds is 5. The average Bonchev–Trinajstić information content (AvgIpc) is 2.35. The van der Waals surface area contributed by atoms with Crippen molar-refractivity contribution in [1.29, 1.82) is 0 Å². The van der Waals surface area contributed by atoms with Crippen LogP contribution in [0, 0.1) is 0 Å². The van der Waals surface area contributed by atoms with Gasteiger partial charge >= 0.3 is 0 Å². The Balaban J connectivity index is 0.000000796. The molecule has 0 aromatic rings. The molecular weight excluding hydrogens is 252 g/mol. The molecule has 0 bridgehead atoms. The molecule has 1 rings (SSSR count). The Labute approximate surface area is 125 Å². The molecule has 20 heavy (non-hydrogen) atoms. The summed E-state index contributed by atoms with van der Waals surface area (Å²) in [6.07, 6.45) is 4.94. The van der Waals surface area contributed by atoms with Crippen LogP contribution in [0.1, 0.15) is 60.8 Å². The Hall–Kier alpha value is -0.380. The van der Waals surface area contributed by atoms with Crippen LogP contribution in [0.5, 0.6) is 0 Å². The fourth-order valence-corrected chi connectivity index (χ4v) is 1.99. The van der Waals surface area contributed by atoms with Gasteiger partial charge in [0.1, 0.15) is 0 Å². The first-order valence-corrected chi connectivity index (χ1v) is 7.58. The first-order valence-electron chi connectivity index (χ1n) is 7.58. The molecule has 0 aromatic carbocycles. The van der Waals surface area contributed by atoms with E-state index >= 15 is 0 Å². The Kier molecular flexibility index (Phi) is 8.00. The van der Waals surface area contributed by atoms with Crippen molar-refractivity contribution in [2.24, 2.45) is 0 Å². The van der Waals surface area contributed by atoms with Crippen LogP contribution in [0.3, 0.4) is 0 Å². The summed E-state index contributed by atoms with van der Waals surface area (Å²) in [6, 6.07) is 0. The van der Waals surface area contributed by atoms with Crippen molar-refractivity contribution >= 4 is 0 Å². The lowest BCUT2D eigenvalue weighted by molar-refractivity contribution is -0.299. The van der Waals surface area contributed by atoms with Gasteiger partial charge in [-0.2, -0.15) is 0 Å². The smallest absolute Gasteiger partial charge is 0.0918 e. The maximum Gasteiger partial charge on any atom is 0.0918 e.